The Hall–Kier alpha value is -3.06. The van der Waals surface area contributed by atoms with E-state index in [4.69, 9.17) is 5.26 Å². The fraction of sp³-hybridized carbons (Fsp3) is 0.150. The van der Waals surface area contributed by atoms with Crippen molar-refractivity contribution in [2.45, 2.75) is 19.8 Å². The van der Waals surface area contributed by atoms with E-state index in [9.17, 15) is 4.39 Å². The first-order valence-corrected chi connectivity index (χ1v) is 7.82. The average Bonchev–Trinajstić information content (AvgIpc) is 2.62. The van der Waals surface area contributed by atoms with E-state index >= 15 is 0 Å². The Morgan fingerprint density at radius 1 is 1.00 bits per heavy atom. The van der Waals surface area contributed by atoms with Crippen molar-refractivity contribution in [3.63, 3.8) is 0 Å². The van der Waals surface area contributed by atoms with E-state index in [2.05, 4.69) is 23.0 Å². The normalized spacial score (nSPS) is 10.4. The van der Waals surface area contributed by atoms with E-state index in [0.29, 0.717) is 22.5 Å². The topological polar surface area (TPSA) is 49.6 Å². The van der Waals surface area contributed by atoms with Gasteiger partial charge in [-0.05, 0) is 42.3 Å². The van der Waals surface area contributed by atoms with Gasteiger partial charge in [0.2, 0.25) is 0 Å². The molecule has 2 aromatic carbocycles. The van der Waals surface area contributed by atoms with Gasteiger partial charge in [0.05, 0.1) is 11.6 Å². The minimum absolute atomic E-state index is 0.254. The lowest BCUT2D eigenvalue weighted by Crippen LogP contribution is -1.93. The molecule has 0 aliphatic carbocycles. The lowest BCUT2D eigenvalue weighted by molar-refractivity contribution is 0.628. The summed E-state index contributed by atoms with van der Waals surface area (Å²) in [5.74, 6) is 0.293. The predicted octanol–water partition coefficient (Wildman–Crippen LogP) is 4.77. The molecule has 0 atom stereocenters. The second-order valence-electron chi connectivity index (χ2n) is 5.55. The van der Waals surface area contributed by atoms with Gasteiger partial charge in [-0.15, -0.1) is 0 Å². The van der Waals surface area contributed by atoms with Crippen molar-refractivity contribution in [3.8, 4) is 28.6 Å². The number of aromatic nitrogens is 2. The van der Waals surface area contributed by atoms with Gasteiger partial charge in [-0.3, -0.25) is 0 Å². The van der Waals surface area contributed by atoms with Crippen LogP contribution in [0.5, 0.6) is 0 Å². The highest BCUT2D eigenvalue weighted by Gasteiger charge is 2.08. The fourth-order valence-corrected chi connectivity index (χ4v) is 2.55. The quantitative estimate of drug-likeness (QED) is 0.696. The number of halogens is 1. The van der Waals surface area contributed by atoms with E-state index in [-0.39, 0.29) is 5.82 Å². The lowest BCUT2D eigenvalue weighted by atomic mass is 10.0. The summed E-state index contributed by atoms with van der Waals surface area (Å²) in [6, 6.07) is 14.4. The van der Waals surface area contributed by atoms with Crippen molar-refractivity contribution in [2.75, 3.05) is 0 Å². The fourth-order valence-electron chi connectivity index (χ4n) is 2.55. The summed E-state index contributed by atoms with van der Waals surface area (Å²) in [7, 11) is 0. The van der Waals surface area contributed by atoms with Crippen LogP contribution in [0.1, 0.15) is 24.5 Å². The van der Waals surface area contributed by atoms with Crippen molar-refractivity contribution in [3.05, 3.63) is 71.8 Å². The van der Waals surface area contributed by atoms with Crippen LogP contribution >= 0.6 is 0 Å². The van der Waals surface area contributed by atoms with Crippen LogP contribution in [0, 0.1) is 17.1 Å². The molecule has 0 saturated carbocycles. The van der Waals surface area contributed by atoms with Crippen molar-refractivity contribution in [1.82, 2.24) is 9.97 Å². The Morgan fingerprint density at radius 2 is 1.71 bits per heavy atom. The minimum Gasteiger partial charge on any atom is -0.236 e. The zero-order chi connectivity index (χ0) is 16.9. The predicted molar refractivity (Wildman–Crippen MR) is 91.6 cm³/mol. The van der Waals surface area contributed by atoms with Crippen LogP contribution < -0.4 is 0 Å². The maximum absolute atomic E-state index is 14.3. The largest absolute Gasteiger partial charge is 0.236 e. The van der Waals surface area contributed by atoms with E-state index in [1.807, 2.05) is 6.07 Å². The number of nitrogens with zero attached hydrogens (tertiary/aromatic N) is 3. The zero-order valence-corrected chi connectivity index (χ0v) is 13.3. The first-order chi connectivity index (χ1) is 11.7. The number of benzene rings is 2. The molecule has 0 fully saturated rings. The number of hydrogen-bond donors (Lipinski definition) is 0. The molecule has 118 valence electrons. The lowest BCUT2D eigenvalue weighted by Gasteiger charge is -2.06. The third kappa shape index (κ3) is 3.31. The van der Waals surface area contributed by atoms with Crippen LogP contribution in [0.2, 0.25) is 0 Å². The van der Waals surface area contributed by atoms with Crippen molar-refractivity contribution in [2.24, 2.45) is 0 Å². The van der Waals surface area contributed by atoms with E-state index in [1.165, 1.54) is 0 Å². The smallest absolute Gasteiger partial charge is 0.159 e. The van der Waals surface area contributed by atoms with Crippen LogP contribution in [0.25, 0.3) is 22.5 Å². The number of hydrogen-bond acceptors (Lipinski definition) is 3. The van der Waals surface area contributed by atoms with Crippen LogP contribution in [-0.4, -0.2) is 9.97 Å². The van der Waals surface area contributed by atoms with Gasteiger partial charge in [0, 0.05) is 29.1 Å². The van der Waals surface area contributed by atoms with Gasteiger partial charge < -0.3 is 0 Å². The molecule has 0 spiro atoms. The highest BCUT2D eigenvalue weighted by atomic mass is 19.1. The Labute approximate surface area is 140 Å². The standard InChI is InChI=1S/C20H16FN3/c1-2-3-14-6-9-18(19(21)10-14)17-12-23-20(24-13-17)16-7-4-15(11-22)5-8-16/h4-10,12-13H,2-3H2,1H3. The molecular formula is C20H16FN3. The molecular weight excluding hydrogens is 301 g/mol. The SMILES string of the molecule is CCCc1ccc(-c2cnc(-c3ccc(C#N)cc3)nc2)c(F)c1. The number of rotatable bonds is 4. The van der Waals surface area contributed by atoms with Crippen molar-refractivity contribution < 1.29 is 4.39 Å². The highest BCUT2D eigenvalue weighted by molar-refractivity contribution is 5.65. The third-order valence-corrected chi connectivity index (χ3v) is 3.81. The molecule has 1 aromatic heterocycles. The van der Waals surface area contributed by atoms with Gasteiger partial charge in [-0.2, -0.15) is 5.26 Å². The number of nitriles is 1. The number of aryl methyl sites for hydroxylation is 1. The first-order valence-electron chi connectivity index (χ1n) is 7.82. The Kier molecular flexibility index (Phi) is 4.62. The molecule has 24 heavy (non-hydrogen) atoms. The van der Waals surface area contributed by atoms with E-state index < -0.39 is 0 Å². The van der Waals surface area contributed by atoms with Gasteiger partial charge in [0.15, 0.2) is 5.82 Å². The maximum atomic E-state index is 14.3. The third-order valence-electron chi connectivity index (χ3n) is 3.81. The zero-order valence-electron chi connectivity index (χ0n) is 13.3. The Bertz CT molecular complexity index is 878. The Morgan fingerprint density at radius 3 is 2.29 bits per heavy atom. The van der Waals surface area contributed by atoms with Crippen LogP contribution in [0.3, 0.4) is 0 Å². The molecule has 4 heteroatoms. The summed E-state index contributed by atoms with van der Waals surface area (Å²) < 4.78 is 14.3. The highest BCUT2D eigenvalue weighted by Crippen LogP contribution is 2.24. The molecule has 3 aromatic rings. The molecule has 0 radical (unpaired) electrons. The molecule has 0 aliphatic heterocycles. The van der Waals surface area contributed by atoms with Crippen LogP contribution in [0.15, 0.2) is 54.9 Å². The molecule has 0 amide bonds. The van der Waals surface area contributed by atoms with Gasteiger partial charge in [0.25, 0.3) is 0 Å². The molecule has 0 aliphatic rings. The van der Waals surface area contributed by atoms with Gasteiger partial charge >= 0.3 is 0 Å². The van der Waals surface area contributed by atoms with Crippen LogP contribution in [0.4, 0.5) is 4.39 Å². The average molecular weight is 317 g/mol. The van der Waals surface area contributed by atoms with Gasteiger partial charge in [0.1, 0.15) is 5.82 Å². The minimum atomic E-state index is -0.254. The molecule has 0 bridgehead atoms. The first kappa shape index (κ1) is 15.8. The molecule has 3 nitrogen and oxygen atoms in total. The summed E-state index contributed by atoms with van der Waals surface area (Å²) in [6.07, 6.45) is 5.10. The molecule has 1 heterocycles. The van der Waals surface area contributed by atoms with E-state index in [1.54, 1.807) is 48.8 Å². The maximum Gasteiger partial charge on any atom is 0.159 e. The summed E-state index contributed by atoms with van der Waals surface area (Å²) in [5, 5.41) is 8.82. The summed E-state index contributed by atoms with van der Waals surface area (Å²) in [6.45, 7) is 2.07. The molecule has 3 rings (SSSR count). The molecule has 0 N–H and O–H groups in total. The monoisotopic (exact) mass is 317 g/mol. The van der Waals surface area contributed by atoms with Gasteiger partial charge in [-0.25, -0.2) is 14.4 Å². The van der Waals surface area contributed by atoms with Crippen molar-refractivity contribution >= 4 is 0 Å². The second kappa shape index (κ2) is 7.01. The van der Waals surface area contributed by atoms with Crippen LogP contribution in [-0.2, 0) is 6.42 Å². The van der Waals surface area contributed by atoms with Crippen molar-refractivity contribution in [1.29, 1.82) is 5.26 Å². The summed E-state index contributed by atoms with van der Waals surface area (Å²) >= 11 is 0. The summed E-state index contributed by atoms with van der Waals surface area (Å²) in [5.41, 5.74) is 3.55. The molecule has 0 unspecified atom stereocenters. The van der Waals surface area contributed by atoms with Gasteiger partial charge in [-0.1, -0.05) is 25.5 Å². The molecule has 0 saturated heterocycles. The second-order valence-corrected chi connectivity index (χ2v) is 5.55. The van der Waals surface area contributed by atoms with E-state index in [0.717, 1.165) is 24.0 Å². The Balaban J connectivity index is 1.87. The summed E-state index contributed by atoms with van der Waals surface area (Å²) in [4.78, 5) is 8.64.